The number of rotatable bonds is 7. The number of para-hydroxylation sites is 1. The van der Waals surface area contributed by atoms with Crippen LogP contribution in [0.15, 0.2) is 46.0 Å². The van der Waals surface area contributed by atoms with Gasteiger partial charge in [0.1, 0.15) is 11.5 Å². The van der Waals surface area contributed by atoms with Gasteiger partial charge in [0, 0.05) is 11.6 Å². The van der Waals surface area contributed by atoms with Gasteiger partial charge in [-0.3, -0.25) is 14.9 Å². The summed E-state index contributed by atoms with van der Waals surface area (Å²) in [4.78, 5) is 21.8. The number of methoxy groups -OCH3 is 1. The second-order valence-electron chi connectivity index (χ2n) is 4.85. The highest BCUT2D eigenvalue weighted by molar-refractivity contribution is 9.10. The summed E-state index contributed by atoms with van der Waals surface area (Å²) >= 11 is 3.30. The third kappa shape index (κ3) is 4.93. The van der Waals surface area contributed by atoms with E-state index in [0.717, 1.165) is 12.3 Å². The van der Waals surface area contributed by atoms with E-state index < -0.39 is 22.3 Å². The van der Waals surface area contributed by atoms with E-state index in [1.165, 1.54) is 19.2 Å². The van der Waals surface area contributed by atoms with Crippen molar-refractivity contribution in [2.45, 2.75) is 0 Å². The number of aromatic hydroxyl groups is 1. The van der Waals surface area contributed by atoms with Crippen molar-refractivity contribution in [3.8, 4) is 17.2 Å². The van der Waals surface area contributed by atoms with Crippen molar-refractivity contribution in [2.24, 2.45) is 5.10 Å². The van der Waals surface area contributed by atoms with Gasteiger partial charge >= 0.3 is 5.69 Å². The third-order valence-electron chi connectivity index (χ3n) is 3.13. The highest BCUT2D eigenvalue weighted by atomic mass is 79.9. The van der Waals surface area contributed by atoms with Crippen LogP contribution in [0.5, 0.6) is 17.2 Å². The molecule has 0 heterocycles. The normalized spacial score (nSPS) is 10.5. The van der Waals surface area contributed by atoms with E-state index in [2.05, 4.69) is 26.5 Å². The van der Waals surface area contributed by atoms with Crippen molar-refractivity contribution < 1.29 is 24.3 Å². The van der Waals surface area contributed by atoms with E-state index in [-0.39, 0.29) is 12.2 Å². The molecule has 9 nitrogen and oxygen atoms in total. The molecule has 136 valence electrons. The van der Waals surface area contributed by atoms with Crippen molar-refractivity contribution in [3.63, 3.8) is 0 Å². The molecule has 0 aliphatic rings. The van der Waals surface area contributed by atoms with Crippen molar-refractivity contribution in [2.75, 3.05) is 13.7 Å². The Balaban J connectivity index is 1.92. The summed E-state index contributed by atoms with van der Waals surface area (Å²) in [6.07, 6.45) is 1.10. The Kier molecular flexibility index (Phi) is 6.50. The van der Waals surface area contributed by atoms with Crippen molar-refractivity contribution in [1.82, 2.24) is 5.43 Å². The van der Waals surface area contributed by atoms with Gasteiger partial charge in [0.15, 0.2) is 6.61 Å². The lowest BCUT2D eigenvalue weighted by Gasteiger charge is -2.08. The summed E-state index contributed by atoms with van der Waals surface area (Å²) in [7, 11) is 1.53. The molecule has 10 heteroatoms. The number of nitrogens with zero attached hydrogens (tertiary/aromatic N) is 2. The molecule has 0 aromatic heterocycles. The Bertz CT molecular complexity index is 856. The Morgan fingerprint density at radius 1 is 1.42 bits per heavy atom. The average molecular weight is 424 g/mol. The molecule has 0 unspecified atom stereocenters. The molecule has 0 bridgehead atoms. The van der Waals surface area contributed by atoms with Gasteiger partial charge in [-0.2, -0.15) is 5.10 Å². The van der Waals surface area contributed by atoms with Crippen LogP contribution >= 0.6 is 15.9 Å². The minimum Gasteiger partial charge on any atom is -0.502 e. The molecule has 2 aromatic rings. The molecular weight excluding hydrogens is 410 g/mol. The molecule has 0 radical (unpaired) electrons. The van der Waals surface area contributed by atoms with Crippen LogP contribution in [0.25, 0.3) is 0 Å². The number of ether oxygens (including phenoxy) is 2. The zero-order valence-corrected chi connectivity index (χ0v) is 15.1. The molecule has 1 amide bonds. The second-order valence-corrected chi connectivity index (χ2v) is 5.70. The van der Waals surface area contributed by atoms with Gasteiger partial charge in [-0.15, -0.1) is 0 Å². The maximum Gasteiger partial charge on any atom is 0.311 e. The van der Waals surface area contributed by atoms with Gasteiger partial charge in [0.25, 0.3) is 5.91 Å². The average Bonchev–Trinajstić information content (AvgIpc) is 2.61. The van der Waals surface area contributed by atoms with Gasteiger partial charge in [0.05, 0.1) is 22.7 Å². The summed E-state index contributed by atoms with van der Waals surface area (Å²) in [5, 5.41) is 24.2. The molecule has 0 spiro atoms. The Hall–Kier alpha value is -3.14. The first kappa shape index (κ1) is 19.2. The highest BCUT2D eigenvalue weighted by Gasteiger charge is 2.15. The van der Waals surface area contributed by atoms with E-state index in [9.17, 15) is 20.0 Å². The van der Waals surface area contributed by atoms with Crippen LogP contribution in [-0.4, -0.2) is 35.9 Å². The first-order valence-electron chi connectivity index (χ1n) is 7.17. The molecular formula is C16H14BrN3O6. The number of nitro groups is 1. The Morgan fingerprint density at radius 2 is 2.19 bits per heavy atom. The van der Waals surface area contributed by atoms with E-state index in [0.29, 0.717) is 16.0 Å². The quantitative estimate of drug-likeness (QED) is 0.400. The lowest BCUT2D eigenvalue weighted by molar-refractivity contribution is -0.385. The number of halogens is 1. The number of amides is 1. The van der Waals surface area contributed by atoms with Gasteiger partial charge in [0.2, 0.25) is 5.75 Å². The minimum atomic E-state index is -0.716. The minimum absolute atomic E-state index is 0.0957. The molecule has 2 rings (SSSR count). The van der Waals surface area contributed by atoms with Crippen molar-refractivity contribution >= 4 is 33.7 Å². The number of carbonyl (C=O) groups is 1. The first-order valence-corrected chi connectivity index (χ1v) is 7.96. The monoisotopic (exact) mass is 423 g/mol. The van der Waals surface area contributed by atoms with Crippen LogP contribution in [0.3, 0.4) is 0 Å². The fraction of sp³-hybridized carbons (Fsp3) is 0.125. The molecule has 2 aromatic carbocycles. The lowest BCUT2D eigenvalue weighted by Crippen LogP contribution is -2.24. The summed E-state index contributed by atoms with van der Waals surface area (Å²) < 4.78 is 11.0. The smallest absolute Gasteiger partial charge is 0.311 e. The molecule has 26 heavy (non-hydrogen) atoms. The van der Waals surface area contributed by atoms with Crippen LogP contribution in [0.4, 0.5) is 5.69 Å². The van der Waals surface area contributed by atoms with Crippen LogP contribution in [-0.2, 0) is 4.79 Å². The van der Waals surface area contributed by atoms with Gasteiger partial charge in [-0.05, 0) is 40.2 Å². The zero-order chi connectivity index (χ0) is 19.1. The molecule has 0 saturated carbocycles. The molecule has 2 N–H and O–H groups in total. The first-order chi connectivity index (χ1) is 12.4. The lowest BCUT2D eigenvalue weighted by atomic mass is 10.2. The van der Waals surface area contributed by atoms with Crippen LogP contribution < -0.4 is 14.9 Å². The number of carbonyl (C=O) groups excluding carboxylic acids is 1. The molecule has 0 atom stereocenters. The number of benzene rings is 2. The summed E-state index contributed by atoms with van der Waals surface area (Å²) in [5.74, 6) is -0.000835. The van der Waals surface area contributed by atoms with E-state index in [1.807, 2.05) is 0 Å². The van der Waals surface area contributed by atoms with Crippen LogP contribution in [0.2, 0.25) is 0 Å². The number of phenols is 1. The SMILES string of the molecule is COc1ccc(OCC(=O)NN=Cc2cccc([N+](=O)[O-])c2O)c(Br)c1. The number of hydrazone groups is 1. The molecule has 0 fully saturated rings. The maximum absolute atomic E-state index is 11.7. The van der Waals surface area contributed by atoms with E-state index >= 15 is 0 Å². The maximum atomic E-state index is 11.7. The fourth-order valence-electron chi connectivity index (χ4n) is 1.88. The largest absolute Gasteiger partial charge is 0.502 e. The third-order valence-corrected chi connectivity index (χ3v) is 3.75. The molecule has 0 aliphatic carbocycles. The standard InChI is InChI=1S/C16H14BrN3O6/c1-25-11-5-6-14(12(17)7-11)26-9-15(21)19-18-8-10-3-2-4-13(16(10)22)20(23)24/h2-8,22H,9H2,1H3,(H,19,21). The predicted molar refractivity (Wildman–Crippen MR) is 96.7 cm³/mol. The second kappa shape index (κ2) is 8.81. The van der Waals surface area contributed by atoms with E-state index in [4.69, 9.17) is 9.47 Å². The summed E-state index contributed by atoms with van der Waals surface area (Å²) in [6.45, 7) is -0.302. The highest BCUT2D eigenvalue weighted by Crippen LogP contribution is 2.29. The molecule has 0 saturated heterocycles. The van der Waals surface area contributed by atoms with E-state index in [1.54, 1.807) is 18.2 Å². The Labute approximate surface area is 156 Å². The number of nitrogens with one attached hydrogen (secondary N) is 1. The van der Waals surface area contributed by atoms with Gasteiger partial charge in [-0.1, -0.05) is 6.07 Å². The van der Waals surface area contributed by atoms with Crippen molar-refractivity contribution in [1.29, 1.82) is 0 Å². The number of hydrogen-bond acceptors (Lipinski definition) is 7. The Morgan fingerprint density at radius 3 is 2.85 bits per heavy atom. The molecule has 0 aliphatic heterocycles. The number of phenolic OH excluding ortho intramolecular Hbond substituents is 1. The van der Waals surface area contributed by atoms with Crippen LogP contribution in [0.1, 0.15) is 5.56 Å². The van der Waals surface area contributed by atoms with Crippen molar-refractivity contribution in [3.05, 3.63) is 56.5 Å². The van der Waals surface area contributed by atoms with Gasteiger partial charge < -0.3 is 14.6 Å². The summed E-state index contributed by atoms with van der Waals surface area (Å²) in [6, 6.07) is 8.98. The number of hydrogen-bond donors (Lipinski definition) is 2. The number of nitro benzene ring substituents is 1. The fourth-order valence-corrected chi connectivity index (χ4v) is 2.35. The predicted octanol–water partition coefficient (Wildman–Crippen LogP) is 2.60. The topological polar surface area (TPSA) is 123 Å². The zero-order valence-electron chi connectivity index (χ0n) is 13.5. The summed E-state index contributed by atoms with van der Waals surface area (Å²) in [5.41, 5.74) is 1.85. The van der Waals surface area contributed by atoms with Gasteiger partial charge in [-0.25, -0.2) is 5.43 Å². The van der Waals surface area contributed by atoms with Crippen LogP contribution in [0, 0.1) is 10.1 Å².